The van der Waals surface area contributed by atoms with E-state index in [2.05, 4.69) is 11.7 Å². The van der Waals surface area contributed by atoms with Crippen molar-refractivity contribution in [2.75, 3.05) is 7.11 Å². The standard InChI is InChI=1S/C19H37FO3/c1-3-4-5-6-9-12-15-18(21)17(20)14-11-8-7-10-13-16-19(22)23-2/h17-18,21H,3-16H2,1-2H3/t17-,18-/m1/s1. The maximum Gasteiger partial charge on any atom is 0.305 e. The van der Waals surface area contributed by atoms with Crippen LogP contribution in [0, 0.1) is 0 Å². The third kappa shape index (κ3) is 14.7. The molecule has 0 aromatic heterocycles. The van der Waals surface area contributed by atoms with Gasteiger partial charge >= 0.3 is 5.97 Å². The monoisotopic (exact) mass is 332 g/mol. The second-order valence-corrected chi connectivity index (χ2v) is 6.52. The summed E-state index contributed by atoms with van der Waals surface area (Å²) < 4.78 is 18.4. The number of carbonyl (C=O) groups excluding carboxylic acids is 1. The van der Waals surface area contributed by atoms with Crippen LogP contribution in [0.25, 0.3) is 0 Å². The molecule has 0 aromatic carbocycles. The Hall–Kier alpha value is -0.640. The number of methoxy groups -OCH3 is 1. The van der Waals surface area contributed by atoms with E-state index in [1.165, 1.54) is 32.8 Å². The lowest BCUT2D eigenvalue weighted by Crippen LogP contribution is -2.21. The fraction of sp³-hybridized carbons (Fsp3) is 0.947. The van der Waals surface area contributed by atoms with E-state index in [9.17, 15) is 14.3 Å². The summed E-state index contributed by atoms with van der Waals surface area (Å²) in [5, 5.41) is 9.82. The Labute approximate surface area is 142 Å². The van der Waals surface area contributed by atoms with Gasteiger partial charge in [-0.15, -0.1) is 0 Å². The number of aliphatic hydroxyl groups excluding tert-OH is 1. The molecule has 0 radical (unpaired) electrons. The van der Waals surface area contributed by atoms with E-state index in [1.807, 2.05) is 0 Å². The van der Waals surface area contributed by atoms with Gasteiger partial charge in [-0.2, -0.15) is 0 Å². The molecule has 0 fully saturated rings. The Morgan fingerprint density at radius 2 is 1.43 bits per heavy atom. The first-order valence-electron chi connectivity index (χ1n) is 9.50. The molecule has 0 saturated heterocycles. The maximum atomic E-state index is 13.8. The summed E-state index contributed by atoms with van der Waals surface area (Å²) in [6.45, 7) is 2.19. The third-order valence-corrected chi connectivity index (χ3v) is 4.36. The molecular weight excluding hydrogens is 295 g/mol. The largest absolute Gasteiger partial charge is 0.469 e. The molecule has 0 aliphatic rings. The van der Waals surface area contributed by atoms with Crippen molar-refractivity contribution in [1.29, 1.82) is 0 Å². The van der Waals surface area contributed by atoms with Crippen LogP contribution in [0.2, 0.25) is 0 Å². The SMILES string of the molecule is CCCCCCCC[C@@H](O)[C@H](F)CCCCCCCC(=O)OC. The summed E-state index contributed by atoms with van der Waals surface area (Å²) >= 11 is 0. The highest BCUT2D eigenvalue weighted by atomic mass is 19.1. The average molecular weight is 333 g/mol. The van der Waals surface area contributed by atoms with Gasteiger partial charge in [0.1, 0.15) is 6.17 Å². The fourth-order valence-corrected chi connectivity index (χ4v) is 2.75. The van der Waals surface area contributed by atoms with E-state index >= 15 is 0 Å². The van der Waals surface area contributed by atoms with Gasteiger partial charge in [0.15, 0.2) is 0 Å². The summed E-state index contributed by atoms with van der Waals surface area (Å²) in [4.78, 5) is 10.9. The van der Waals surface area contributed by atoms with E-state index < -0.39 is 12.3 Å². The third-order valence-electron chi connectivity index (χ3n) is 4.36. The van der Waals surface area contributed by atoms with Gasteiger partial charge in [-0.3, -0.25) is 4.79 Å². The highest BCUT2D eigenvalue weighted by Crippen LogP contribution is 2.17. The predicted molar refractivity (Wildman–Crippen MR) is 93.2 cm³/mol. The van der Waals surface area contributed by atoms with Crippen molar-refractivity contribution in [2.45, 2.75) is 109 Å². The number of unbranched alkanes of at least 4 members (excludes halogenated alkanes) is 9. The molecule has 0 saturated carbocycles. The first-order chi connectivity index (χ1) is 11.1. The van der Waals surface area contributed by atoms with Gasteiger partial charge in [0.25, 0.3) is 0 Å². The number of hydrogen-bond acceptors (Lipinski definition) is 3. The summed E-state index contributed by atoms with van der Waals surface area (Å²) in [5.41, 5.74) is 0. The summed E-state index contributed by atoms with van der Waals surface area (Å²) in [5.74, 6) is -0.161. The van der Waals surface area contributed by atoms with E-state index in [0.717, 1.165) is 44.9 Å². The molecule has 2 atom stereocenters. The molecule has 0 rings (SSSR count). The molecule has 0 heterocycles. The highest BCUT2D eigenvalue weighted by molar-refractivity contribution is 5.68. The number of aliphatic hydroxyl groups is 1. The molecule has 138 valence electrons. The Morgan fingerprint density at radius 3 is 2.04 bits per heavy atom. The second-order valence-electron chi connectivity index (χ2n) is 6.52. The zero-order chi connectivity index (χ0) is 17.3. The van der Waals surface area contributed by atoms with Gasteiger partial charge in [-0.1, -0.05) is 71.1 Å². The Morgan fingerprint density at radius 1 is 0.913 bits per heavy atom. The van der Waals surface area contributed by atoms with E-state index in [-0.39, 0.29) is 5.97 Å². The van der Waals surface area contributed by atoms with Crippen molar-refractivity contribution in [3.63, 3.8) is 0 Å². The van der Waals surface area contributed by atoms with Crippen molar-refractivity contribution in [1.82, 2.24) is 0 Å². The van der Waals surface area contributed by atoms with E-state index in [0.29, 0.717) is 19.3 Å². The number of rotatable bonds is 16. The number of hydrogen-bond donors (Lipinski definition) is 1. The molecule has 3 nitrogen and oxygen atoms in total. The summed E-state index contributed by atoms with van der Waals surface area (Å²) in [6, 6.07) is 0. The average Bonchev–Trinajstić information content (AvgIpc) is 2.56. The van der Waals surface area contributed by atoms with Crippen molar-refractivity contribution in [3.8, 4) is 0 Å². The molecule has 0 aliphatic heterocycles. The van der Waals surface area contributed by atoms with Gasteiger partial charge in [-0.05, 0) is 19.3 Å². The van der Waals surface area contributed by atoms with Gasteiger partial charge in [0.2, 0.25) is 0 Å². The van der Waals surface area contributed by atoms with Crippen molar-refractivity contribution >= 4 is 5.97 Å². The molecule has 0 unspecified atom stereocenters. The summed E-state index contributed by atoms with van der Waals surface area (Å²) in [7, 11) is 1.40. The van der Waals surface area contributed by atoms with Crippen LogP contribution in [0.1, 0.15) is 96.8 Å². The number of ether oxygens (including phenoxy) is 1. The molecule has 0 amide bonds. The maximum absolute atomic E-state index is 13.8. The van der Waals surface area contributed by atoms with Crippen LogP contribution in [-0.2, 0) is 9.53 Å². The minimum Gasteiger partial charge on any atom is -0.469 e. The number of halogens is 1. The molecule has 4 heteroatoms. The van der Waals surface area contributed by atoms with Crippen LogP contribution >= 0.6 is 0 Å². The number of alkyl halides is 1. The smallest absolute Gasteiger partial charge is 0.305 e. The van der Waals surface area contributed by atoms with Crippen LogP contribution in [0.3, 0.4) is 0 Å². The van der Waals surface area contributed by atoms with Crippen LogP contribution < -0.4 is 0 Å². The second kappa shape index (κ2) is 16.2. The number of esters is 1. The molecule has 0 bridgehead atoms. The Balaban J connectivity index is 3.40. The molecular formula is C19H37FO3. The molecule has 1 N–H and O–H groups in total. The van der Waals surface area contributed by atoms with Crippen LogP contribution in [0.15, 0.2) is 0 Å². The van der Waals surface area contributed by atoms with Crippen molar-refractivity contribution in [2.24, 2.45) is 0 Å². The molecule has 0 spiro atoms. The zero-order valence-electron chi connectivity index (χ0n) is 15.2. The lowest BCUT2D eigenvalue weighted by molar-refractivity contribution is -0.140. The lowest BCUT2D eigenvalue weighted by atomic mass is 10.0. The highest BCUT2D eigenvalue weighted by Gasteiger charge is 2.17. The lowest BCUT2D eigenvalue weighted by Gasteiger charge is -2.15. The Kier molecular flexibility index (Phi) is 15.8. The quantitative estimate of drug-likeness (QED) is 0.306. The van der Waals surface area contributed by atoms with E-state index in [1.54, 1.807) is 0 Å². The first kappa shape index (κ1) is 22.4. The van der Waals surface area contributed by atoms with Crippen LogP contribution in [0.5, 0.6) is 0 Å². The van der Waals surface area contributed by atoms with Crippen LogP contribution in [0.4, 0.5) is 4.39 Å². The van der Waals surface area contributed by atoms with Crippen LogP contribution in [-0.4, -0.2) is 30.5 Å². The first-order valence-corrected chi connectivity index (χ1v) is 9.50. The van der Waals surface area contributed by atoms with Crippen molar-refractivity contribution in [3.05, 3.63) is 0 Å². The zero-order valence-corrected chi connectivity index (χ0v) is 15.2. The number of carbonyl (C=O) groups is 1. The van der Waals surface area contributed by atoms with Gasteiger partial charge in [-0.25, -0.2) is 4.39 Å². The molecule has 23 heavy (non-hydrogen) atoms. The summed E-state index contributed by atoms with van der Waals surface area (Å²) in [6.07, 6.45) is 11.2. The minimum atomic E-state index is -1.08. The van der Waals surface area contributed by atoms with E-state index in [4.69, 9.17) is 0 Å². The molecule has 0 aromatic rings. The topological polar surface area (TPSA) is 46.5 Å². The molecule has 0 aliphatic carbocycles. The van der Waals surface area contributed by atoms with Gasteiger partial charge in [0.05, 0.1) is 13.2 Å². The normalized spacial score (nSPS) is 13.7. The fourth-order valence-electron chi connectivity index (χ4n) is 2.75. The van der Waals surface area contributed by atoms with Gasteiger partial charge in [0, 0.05) is 6.42 Å². The predicted octanol–water partition coefficient (Wildman–Crippen LogP) is 5.34. The van der Waals surface area contributed by atoms with Crippen molar-refractivity contribution < 1.29 is 19.0 Å². The van der Waals surface area contributed by atoms with Gasteiger partial charge < -0.3 is 9.84 Å². The minimum absolute atomic E-state index is 0.161. The Bertz CT molecular complexity index is 271.